The summed E-state index contributed by atoms with van der Waals surface area (Å²) in [5.74, 6) is 1.33. The molecule has 0 atom stereocenters. The third-order valence-corrected chi connectivity index (χ3v) is 3.49. The Labute approximate surface area is 134 Å². The predicted molar refractivity (Wildman–Crippen MR) is 85.1 cm³/mol. The van der Waals surface area contributed by atoms with E-state index in [0.29, 0.717) is 34.7 Å². The first-order chi connectivity index (χ1) is 11.1. The summed E-state index contributed by atoms with van der Waals surface area (Å²) in [6, 6.07) is 6.53. The number of hydrogen-bond donors (Lipinski definition) is 1. The summed E-state index contributed by atoms with van der Waals surface area (Å²) < 4.78 is 21.2. The van der Waals surface area contributed by atoms with Crippen LogP contribution < -0.4 is 18.9 Å². The number of ether oxygens (including phenoxy) is 4. The van der Waals surface area contributed by atoms with Gasteiger partial charge in [0.25, 0.3) is 0 Å². The molecule has 6 nitrogen and oxygen atoms in total. The molecule has 0 spiro atoms. The zero-order chi connectivity index (χ0) is 17.0. The monoisotopic (exact) mass is 318 g/mol. The molecule has 0 bridgehead atoms. The van der Waals surface area contributed by atoms with E-state index >= 15 is 0 Å². The summed E-state index contributed by atoms with van der Waals surface area (Å²) in [5, 5.41) is 9.84. The molecule has 0 saturated carbocycles. The summed E-state index contributed by atoms with van der Waals surface area (Å²) in [5.41, 5.74) is 1.39. The van der Waals surface area contributed by atoms with E-state index < -0.39 is 0 Å². The molecule has 0 saturated heterocycles. The second kappa shape index (κ2) is 6.91. The minimum Gasteiger partial charge on any atom is -0.504 e. The minimum absolute atomic E-state index is 0.106. The van der Waals surface area contributed by atoms with Crippen LogP contribution in [0.3, 0.4) is 0 Å². The zero-order valence-corrected chi connectivity index (χ0v) is 13.4. The molecule has 2 aromatic rings. The van der Waals surface area contributed by atoms with Crippen LogP contribution in [0.2, 0.25) is 0 Å². The Morgan fingerprint density at radius 3 is 1.91 bits per heavy atom. The molecule has 2 rings (SSSR count). The molecule has 0 amide bonds. The van der Waals surface area contributed by atoms with Gasteiger partial charge in [0.05, 0.1) is 34.0 Å². The van der Waals surface area contributed by atoms with Crippen molar-refractivity contribution in [1.29, 1.82) is 0 Å². The van der Waals surface area contributed by atoms with Gasteiger partial charge in [-0.05, 0) is 24.3 Å². The van der Waals surface area contributed by atoms with Gasteiger partial charge in [0.1, 0.15) is 0 Å². The minimum atomic E-state index is -0.113. The molecule has 122 valence electrons. The van der Waals surface area contributed by atoms with E-state index in [-0.39, 0.29) is 17.1 Å². The van der Waals surface area contributed by atoms with E-state index in [0.717, 1.165) is 0 Å². The van der Waals surface area contributed by atoms with Gasteiger partial charge in [-0.2, -0.15) is 0 Å². The number of aromatic hydroxyl groups is 1. The van der Waals surface area contributed by atoms with Crippen molar-refractivity contribution in [2.75, 3.05) is 28.4 Å². The van der Waals surface area contributed by atoms with Crippen molar-refractivity contribution >= 4 is 6.29 Å². The number of rotatable bonds is 6. The molecular weight excluding hydrogens is 300 g/mol. The van der Waals surface area contributed by atoms with Crippen molar-refractivity contribution in [3.8, 4) is 39.9 Å². The average Bonchev–Trinajstić information content (AvgIpc) is 2.59. The fraction of sp³-hybridized carbons (Fsp3) is 0.235. The Morgan fingerprint density at radius 2 is 1.39 bits per heavy atom. The number of hydrogen-bond acceptors (Lipinski definition) is 6. The summed E-state index contributed by atoms with van der Waals surface area (Å²) in [6.07, 6.45) is 0.629. The van der Waals surface area contributed by atoms with Crippen molar-refractivity contribution in [3.63, 3.8) is 0 Å². The standard InChI is InChI=1S/C17H18O6/c1-20-14-8-6-11(16(22-3)17(14)23-4)10-5-7-13(19)15(21-2)12(10)9-18/h5-9,19H,1-4H3. The van der Waals surface area contributed by atoms with Crippen molar-refractivity contribution in [2.45, 2.75) is 0 Å². The SMILES string of the molecule is COc1ccc(-c2ccc(O)c(OC)c2C=O)c(OC)c1OC. The topological polar surface area (TPSA) is 74.2 Å². The molecule has 0 aliphatic carbocycles. The van der Waals surface area contributed by atoms with E-state index in [9.17, 15) is 9.90 Å². The van der Waals surface area contributed by atoms with Crippen LogP contribution in [0.1, 0.15) is 10.4 Å². The molecule has 0 aliphatic rings. The Morgan fingerprint density at radius 1 is 0.783 bits per heavy atom. The van der Waals surface area contributed by atoms with Crippen LogP contribution in [0.15, 0.2) is 24.3 Å². The van der Waals surface area contributed by atoms with Crippen molar-refractivity contribution in [1.82, 2.24) is 0 Å². The highest BCUT2D eigenvalue weighted by Gasteiger charge is 2.21. The maximum atomic E-state index is 11.5. The lowest BCUT2D eigenvalue weighted by atomic mass is 9.97. The Balaban J connectivity index is 2.79. The van der Waals surface area contributed by atoms with Crippen LogP contribution in [0.4, 0.5) is 0 Å². The molecule has 0 unspecified atom stereocenters. The normalized spacial score (nSPS) is 10.1. The lowest BCUT2D eigenvalue weighted by molar-refractivity contribution is 0.112. The van der Waals surface area contributed by atoms with Gasteiger partial charge in [-0.1, -0.05) is 0 Å². The van der Waals surface area contributed by atoms with E-state index in [1.54, 1.807) is 18.2 Å². The number of carbonyl (C=O) groups excluding carboxylic acids is 1. The Hall–Kier alpha value is -2.89. The summed E-state index contributed by atoms with van der Waals surface area (Å²) in [7, 11) is 5.91. The maximum Gasteiger partial charge on any atom is 0.203 e. The molecule has 6 heteroatoms. The number of carbonyl (C=O) groups is 1. The average molecular weight is 318 g/mol. The largest absolute Gasteiger partial charge is 0.504 e. The molecule has 0 aromatic heterocycles. The quantitative estimate of drug-likeness (QED) is 0.826. The lowest BCUT2D eigenvalue weighted by Gasteiger charge is -2.18. The van der Waals surface area contributed by atoms with Crippen LogP contribution in [0, 0.1) is 0 Å². The highest BCUT2D eigenvalue weighted by Crippen LogP contribution is 2.46. The molecule has 23 heavy (non-hydrogen) atoms. The first-order valence-corrected chi connectivity index (χ1v) is 6.77. The van der Waals surface area contributed by atoms with Gasteiger partial charge in [-0.25, -0.2) is 0 Å². The molecule has 2 aromatic carbocycles. The molecular formula is C17H18O6. The second-order valence-corrected chi connectivity index (χ2v) is 4.58. The second-order valence-electron chi connectivity index (χ2n) is 4.58. The molecule has 0 fully saturated rings. The molecule has 0 aliphatic heterocycles. The van der Waals surface area contributed by atoms with Crippen molar-refractivity contribution < 1.29 is 28.8 Å². The lowest BCUT2D eigenvalue weighted by Crippen LogP contribution is -1.99. The van der Waals surface area contributed by atoms with Gasteiger partial charge in [-0.3, -0.25) is 4.79 Å². The highest BCUT2D eigenvalue weighted by molar-refractivity contribution is 5.94. The van der Waals surface area contributed by atoms with Crippen LogP contribution in [-0.2, 0) is 0 Å². The fourth-order valence-electron chi connectivity index (χ4n) is 2.47. The number of phenolic OH excluding ortho intramolecular Hbond substituents is 1. The third-order valence-electron chi connectivity index (χ3n) is 3.49. The van der Waals surface area contributed by atoms with E-state index in [1.807, 2.05) is 0 Å². The van der Waals surface area contributed by atoms with Gasteiger partial charge in [0, 0.05) is 11.1 Å². The molecule has 1 N–H and O–H groups in total. The smallest absolute Gasteiger partial charge is 0.203 e. The third kappa shape index (κ3) is 2.75. The van der Waals surface area contributed by atoms with Crippen molar-refractivity contribution in [2.24, 2.45) is 0 Å². The van der Waals surface area contributed by atoms with Crippen molar-refractivity contribution in [3.05, 3.63) is 29.8 Å². The van der Waals surface area contributed by atoms with E-state index in [1.165, 1.54) is 34.5 Å². The number of methoxy groups -OCH3 is 4. The highest BCUT2D eigenvalue weighted by atomic mass is 16.5. The van der Waals surface area contributed by atoms with Crippen LogP contribution in [0.25, 0.3) is 11.1 Å². The van der Waals surface area contributed by atoms with Gasteiger partial charge in [0.2, 0.25) is 5.75 Å². The van der Waals surface area contributed by atoms with Gasteiger partial charge in [0.15, 0.2) is 29.3 Å². The summed E-state index contributed by atoms with van der Waals surface area (Å²) in [6.45, 7) is 0. The fourth-order valence-corrected chi connectivity index (χ4v) is 2.47. The first kappa shape index (κ1) is 16.5. The first-order valence-electron chi connectivity index (χ1n) is 6.77. The summed E-state index contributed by atoms with van der Waals surface area (Å²) in [4.78, 5) is 11.5. The molecule has 0 radical (unpaired) electrons. The summed E-state index contributed by atoms with van der Waals surface area (Å²) >= 11 is 0. The molecule has 0 heterocycles. The van der Waals surface area contributed by atoms with Crippen LogP contribution in [0.5, 0.6) is 28.7 Å². The Kier molecular flexibility index (Phi) is 4.95. The van der Waals surface area contributed by atoms with E-state index in [2.05, 4.69) is 0 Å². The Bertz CT molecular complexity index is 724. The van der Waals surface area contributed by atoms with Gasteiger partial charge in [-0.15, -0.1) is 0 Å². The van der Waals surface area contributed by atoms with Crippen LogP contribution >= 0.6 is 0 Å². The number of aldehydes is 1. The zero-order valence-electron chi connectivity index (χ0n) is 13.4. The van der Waals surface area contributed by atoms with Crippen LogP contribution in [-0.4, -0.2) is 39.8 Å². The number of benzene rings is 2. The predicted octanol–water partition coefficient (Wildman–Crippen LogP) is 2.91. The van der Waals surface area contributed by atoms with E-state index in [4.69, 9.17) is 18.9 Å². The number of phenols is 1. The van der Waals surface area contributed by atoms with Gasteiger partial charge >= 0.3 is 0 Å². The van der Waals surface area contributed by atoms with Gasteiger partial charge < -0.3 is 24.1 Å². The maximum absolute atomic E-state index is 11.5.